The van der Waals surface area contributed by atoms with Crippen LogP contribution in [0.15, 0.2) is 71.8 Å². The number of hydrazone groups is 1. The third-order valence-corrected chi connectivity index (χ3v) is 4.61. The molecule has 2 amide bonds. The number of anilines is 1. The number of ether oxygens (including phenoxy) is 3. The van der Waals surface area contributed by atoms with Gasteiger partial charge in [-0.2, -0.15) is 5.10 Å². The molecular weight excluding hydrogens is 438 g/mol. The number of aryl methyl sites for hydroxylation is 1. The van der Waals surface area contributed by atoms with Gasteiger partial charge in [0.15, 0.2) is 11.5 Å². The smallest absolute Gasteiger partial charge is 0.343 e. The molecule has 0 fully saturated rings. The first-order valence-electron chi connectivity index (χ1n) is 10.1. The largest absolute Gasteiger partial charge is 0.497 e. The van der Waals surface area contributed by atoms with Crippen LogP contribution in [0.4, 0.5) is 5.69 Å². The number of hydrogen-bond donors (Lipinski definition) is 2. The second-order valence-electron chi connectivity index (χ2n) is 7.05. The lowest BCUT2D eigenvalue weighted by Crippen LogP contribution is -2.32. The van der Waals surface area contributed by atoms with E-state index < -0.39 is 17.8 Å². The third kappa shape index (κ3) is 6.42. The molecule has 0 bridgehead atoms. The van der Waals surface area contributed by atoms with Gasteiger partial charge >= 0.3 is 17.8 Å². The molecule has 0 spiro atoms. The summed E-state index contributed by atoms with van der Waals surface area (Å²) >= 11 is 0. The lowest BCUT2D eigenvalue weighted by Gasteiger charge is -2.10. The third-order valence-electron chi connectivity index (χ3n) is 4.61. The van der Waals surface area contributed by atoms with E-state index in [0.717, 1.165) is 5.56 Å². The highest BCUT2D eigenvalue weighted by molar-refractivity contribution is 6.39. The lowest BCUT2D eigenvalue weighted by molar-refractivity contribution is -0.136. The number of methoxy groups -OCH3 is 2. The van der Waals surface area contributed by atoms with Crippen molar-refractivity contribution < 1.29 is 28.6 Å². The molecule has 0 aliphatic heterocycles. The van der Waals surface area contributed by atoms with Crippen LogP contribution in [-0.2, 0) is 9.59 Å². The topological polar surface area (TPSA) is 115 Å². The number of carbonyl (C=O) groups is 3. The van der Waals surface area contributed by atoms with Crippen LogP contribution in [0.25, 0.3) is 0 Å². The summed E-state index contributed by atoms with van der Waals surface area (Å²) in [5, 5.41) is 6.24. The summed E-state index contributed by atoms with van der Waals surface area (Å²) in [6.07, 6.45) is 1.33. The van der Waals surface area contributed by atoms with Gasteiger partial charge in [-0.05, 0) is 67.1 Å². The molecule has 0 saturated carbocycles. The average molecular weight is 461 g/mol. The van der Waals surface area contributed by atoms with Gasteiger partial charge in [0.1, 0.15) is 5.75 Å². The SMILES string of the molecule is COc1ccc(NC(=O)C(=O)N/N=C/c2ccc(OC(=O)c3ccc(C)cc3)c(OC)c2)cc1. The van der Waals surface area contributed by atoms with Crippen molar-refractivity contribution >= 4 is 29.7 Å². The van der Waals surface area contributed by atoms with E-state index in [0.29, 0.717) is 28.3 Å². The number of benzene rings is 3. The normalized spacial score (nSPS) is 10.4. The predicted molar refractivity (Wildman–Crippen MR) is 126 cm³/mol. The van der Waals surface area contributed by atoms with E-state index in [4.69, 9.17) is 14.2 Å². The second kappa shape index (κ2) is 11.3. The van der Waals surface area contributed by atoms with Crippen molar-refractivity contribution in [3.8, 4) is 17.2 Å². The maximum atomic E-state index is 12.4. The number of nitrogens with one attached hydrogen (secondary N) is 2. The van der Waals surface area contributed by atoms with E-state index in [1.54, 1.807) is 54.6 Å². The van der Waals surface area contributed by atoms with E-state index in [2.05, 4.69) is 15.8 Å². The highest BCUT2D eigenvalue weighted by Gasteiger charge is 2.14. The predicted octanol–water partition coefficient (Wildman–Crippen LogP) is 3.32. The van der Waals surface area contributed by atoms with Crippen molar-refractivity contribution in [1.82, 2.24) is 5.43 Å². The molecule has 9 nitrogen and oxygen atoms in total. The van der Waals surface area contributed by atoms with Crippen molar-refractivity contribution in [2.45, 2.75) is 6.92 Å². The van der Waals surface area contributed by atoms with Crippen molar-refractivity contribution in [3.63, 3.8) is 0 Å². The molecule has 0 heterocycles. The zero-order chi connectivity index (χ0) is 24.5. The molecule has 2 N–H and O–H groups in total. The maximum absolute atomic E-state index is 12.4. The maximum Gasteiger partial charge on any atom is 0.343 e. The average Bonchev–Trinajstić information content (AvgIpc) is 2.85. The fraction of sp³-hybridized carbons (Fsp3) is 0.120. The second-order valence-corrected chi connectivity index (χ2v) is 7.05. The zero-order valence-corrected chi connectivity index (χ0v) is 18.8. The van der Waals surface area contributed by atoms with Crippen molar-refractivity contribution in [2.75, 3.05) is 19.5 Å². The van der Waals surface area contributed by atoms with Crippen molar-refractivity contribution in [1.29, 1.82) is 0 Å². The summed E-state index contributed by atoms with van der Waals surface area (Å²) in [7, 11) is 2.96. The van der Waals surface area contributed by atoms with Gasteiger partial charge in [-0.25, -0.2) is 10.2 Å². The number of hydrogen-bond acceptors (Lipinski definition) is 7. The minimum atomic E-state index is -0.942. The molecule has 0 aliphatic carbocycles. The van der Waals surface area contributed by atoms with Gasteiger partial charge in [-0.3, -0.25) is 9.59 Å². The fourth-order valence-electron chi connectivity index (χ4n) is 2.78. The molecule has 0 radical (unpaired) electrons. The fourth-order valence-corrected chi connectivity index (χ4v) is 2.78. The van der Waals surface area contributed by atoms with Crippen LogP contribution in [0.5, 0.6) is 17.2 Å². The summed E-state index contributed by atoms with van der Waals surface area (Å²) in [4.78, 5) is 36.3. The van der Waals surface area contributed by atoms with E-state index in [1.807, 2.05) is 19.1 Å². The summed E-state index contributed by atoms with van der Waals surface area (Å²) < 4.78 is 15.8. The summed E-state index contributed by atoms with van der Waals surface area (Å²) in [5.74, 6) is -1.18. The molecule has 3 aromatic rings. The van der Waals surface area contributed by atoms with Gasteiger partial charge in [0.2, 0.25) is 0 Å². The van der Waals surface area contributed by atoms with Gasteiger partial charge in [-0.15, -0.1) is 0 Å². The first-order chi connectivity index (χ1) is 16.4. The Kier molecular flexibility index (Phi) is 7.96. The standard InChI is InChI=1S/C25H23N3O6/c1-16-4-7-18(8-5-16)25(31)34-21-13-6-17(14-22(21)33-3)15-26-28-24(30)23(29)27-19-9-11-20(32-2)12-10-19/h4-15H,1-3H3,(H,27,29)(H,28,30)/b26-15+. The Morgan fingerprint density at radius 2 is 1.53 bits per heavy atom. The molecule has 34 heavy (non-hydrogen) atoms. The Balaban J connectivity index is 1.58. The van der Waals surface area contributed by atoms with Gasteiger partial charge in [0.25, 0.3) is 0 Å². The van der Waals surface area contributed by atoms with Crippen LogP contribution in [0.1, 0.15) is 21.5 Å². The van der Waals surface area contributed by atoms with Crippen LogP contribution in [0.2, 0.25) is 0 Å². The first kappa shape index (κ1) is 24.0. The molecule has 0 atom stereocenters. The van der Waals surface area contributed by atoms with Crippen molar-refractivity contribution in [3.05, 3.63) is 83.4 Å². The Morgan fingerprint density at radius 3 is 2.18 bits per heavy atom. The Morgan fingerprint density at radius 1 is 0.824 bits per heavy atom. The highest BCUT2D eigenvalue weighted by atomic mass is 16.6. The van der Waals surface area contributed by atoms with Gasteiger partial charge in [0.05, 0.1) is 26.0 Å². The Bertz CT molecular complexity index is 1200. The van der Waals surface area contributed by atoms with E-state index in [-0.39, 0.29) is 5.75 Å². The Labute approximate surface area is 196 Å². The molecule has 174 valence electrons. The van der Waals surface area contributed by atoms with Gasteiger partial charge < -0.3 is 19.5 Å². The zero-order valence-electron chi connectivity index (χ0n) is 18.8. The molecule has 3 aromatic carbocycles. The Hall–Kier alpha value is -4.66. The number of carbonyl (C=O) groups excluding carboxylic acids is 3. The summed E-state index contributed by atoms with van der Waals surface area (Å²) in [5.41, 5.74) is 4.57. The first-order valence-corrected chi connectivity index (χ1v) is 10.1. The molecule has 0 saturated heterocycles. The summed E-state index contributed by atoms with van der Waals surface area (Å²) in [6.45, 7) is 1.92. The molecule has 0 aliphatic rings. The van der Waals surface area contributed by atoms with Crippen LogP contribution in [0.3, 0.4) is 0 Å². The lowest BCUT2D eigenvalue weighted by atomic mass is 10.1. The van der Waals surface area contributed by atoms with E-state index in [9.17, 15) is 14.4 Å². The molecule has 0 aromatic heterocycles. The molecule has 9 heteroatoms. The monoisotopic (exact) mass is 461 g/mol. The number of nitrogens with zero attached hydrogens (tertiary/aromatic N) is 1. The quantitative estimate of drug-likeness (QED) is 0.183. The molecule has 0 unspecified atom stereocenters. The molecular formula is C25H23N3O6. The van der Waals surface area contributed by atoms with Crippen LogP contribution in [0, 0.1) is 6.92 Å². The number of esters is 1. The van der Waals surface area contributed by atoms with Gasteiger partial charge in [-0.1, -0.05) is 17.7 Å². The summed E-state index contributed by atoms with van der Waals surface area (Å²) in [6, 6.07) is 18.2. The van der Waals surface area contributed by atoms with Crippen LogP contribution >= 0.6 is 0 Å². The molecule has 3 rings (SSSR count). The minimum absolute atomic E-state index is 0.230. The van der Waals surface area contributed by atoms with Crippen molar-refractivity contribution in [2.24, 2.45) is 5.10 Å². The van der Waals surface area contributed by atoms with E-state index >= 15 is 0 Å². The number of rotatable bonds is 7. The van der Waals surface area contributed by atoms with E-state index in [1.165, 1.54) is 20.4 Å². The van der Waals surface area contributed by atoms with Crippen LogP contribution < -0.4 is 25.0 Å². The van der Waals surface area contributed by atoms with Gasteiger partial charge in [0, 0.05) is 5.69 Å². The van der Waals surface area contributed by atoms with Crippen LogP contribution in [-0.4, -0.2) is 38.2 Å². The number of amides is 2. The minimum Gasteiger partial charge on any atom is -0.497 e. The highest BCUT2D eigenvalue weighted by Crippen LogP contribution is 2.28.